The van der Waals surface area contributed by atoms with Crippen LogP contribution in [-0.2, 0) is 14.3 Å². The highest BCUT2D eigenvalue weighted by molar-refractivity contribution is 5.77. The minimum absolute atomic E-state index is 0.0565. The van der Waals surface area contributed by atoms with Crippen molar-refractivity contribution < 1.29 is 19.4 Å². The van der Waals surface area contributed by atoms with Gasteiger partial charge in [-0.15, -0.1) is 0 Å². The Morgan fingerprint density at radius 2 is 2.00 bits per heavy atom. The molecule has 0 heterocycles. The fourth-order valence-corrected chi connectivity index (χ4v) is 1.57. The topological polar surface area (TPSA) is 75.6 Å². The first kappa shape index (κ1) is 15.9. The quantitative estimate of drug-likeness (QED) is 0.678. The van der Waals surface area contributed by atoms with Crippen LogP contribution < -0.4 is 5.32 Å². The van der Waals surface area contributed by atoms with Crippen LogP contribution in [0.1, 0.15) is 40.0 Å². The van der Waals surface area contributed by atoms with E-state index in [1.54, 1.807) is 7.11 Å². The number of amides is 1. The molecule has 0 fully saturated rings. The summed E-state index contributed by atoms with van der Waals surface area (Å²) in [4.78, 5) is 22.1. The van der Waals surface area contributed by atoms with E-state index in [4.69, 9.17) is 9.84 Å². The number of ether oxygens (including phenoxy) is 1. The number of nitrogens with one attached hydrogen (secondary N) is 1. The molecular weight excluding hydrogens is 222 g/mol. The average Bonchev–Trinajstić information content (AvgIpc) is 2.14. The summed E-state index contributed by atoms with van der Waals surface area (Å²) in [6.45, 7) is 6.14. The van der Waals surface area contributed by atoms with E-state index in [0.717, 1.165) is 0 Å². The van der Waals surface area contributed by atoms with Gasteiger partial charge in [-0.1, -0.05) is 6.92 Å². The lowest BCUT2D eigenvalue weighted by Crippen LogP contribution is -2.44. The molecule has 0 saturated heterocycles. The third-order valence-electron chi connectivity index (χ3n) is 2.43. The van der Waals surface area contributed by atoms with Crippen LogP contribution >= 0.6 is 0 Å². The molecule has 100 valence electrons. The SMILES string of the molecule is COCC(C)CC(=O)NC(C)(C)CCC(=O)O. The van der Waals surface area contributed by atoms with Crippen molar-refractivity contribution in [2.75, 3.05) is 13.7 Å². The lowest BCUT2D eigenvalue weighted by molar-refractivity contribution is -0.138. The highest BCUT2D eigenvalue weighted by Crippen LogP contribution is 2.12. The standard InChI is InChI=1S/C12H23NO4/c1-9(8-17-4)7-10(14)13-12(2,3)6-5-11(15)16/h9H,5-8H2,1-4H3,(H,13,14)(H,15,16). The Kier molecular flexibility index (Phi) is 6.80. The molecule has 17 heavy (non-hydrogen) atoms. The van der Waals surface area contributed by atoms with Crippen molar-refractivity contribution in [1.82, 2.24) is 5.32 Å². The number of hydrogen-bond acceptors (Lipinski definition) is 3. The predicted octanol–water partition coefficient (Wildman–Crippen LogP) is 1.42. The van der Waals surface area contributed by atoms with E-state index in [1.165, 1.54) is 0 Å². The van der Waals surface area contributed by atoms with Crippen molar-refractivity contribution in [1.29, 1.82) is 0 Å². The summed E-state index contributed by atoms with van der Waals surface area (Å²) < 4.78 is 4.96. The van der Waals surface area contributed by atoms with Crippen molar-refractivity contribution in [2.45, 2.75) is 45.6 Å². The molecule has 5 heteroatoms. The minimum atomic E-state index is -0.847. The highest BCUT2D eigenvalue weighted by atomic mass is 16.5. The maximum atomic E-state index is 11.7. The van der Waals surface area contributed by atoms with E-state index in [-0.39, 0.29) is 18.2 Å². The normalized spacial score (nSPS) is 13.2. The second kappa shape index (κ2) is 7.27. The van der Waals surface area contributed by atoms with Crippen LogP contribution in [-0.4, -0.2) is 36.2 Å². The number of carbonyl (C=O) groups excluding carboxylic acids is 1. The van der Waals surface area contributed by atoms with Gasteiger partial charge in [-0.25, -0.2) is 0 Å². The Labute approximate surface area is 103 Å². The Hall–Kier alpha value is -1.10. The molecule has 0 spiro atoms. The summed E-state index contributed by atoms with van der Waals surface area (Å²) in [6.07, 6.45) is 0.873. The average molecular weight is 245 g/mol. The van der Waals surface area contributed by atoms with Gasteiger partial charge in [0.05, 0.1) is 0 Å². The molecular formula is C12H23NO4. The lowest BCUT2D eigenvalue weighted by Gasteiger charge is -2.26. The predicted molar refractivity (Wildman–Crippen MR) is 64.7 cm³/mol. The first-order valence-electron chi connectivity index (χ1n) is 5.78. The van der Waals surface area contributed by atoms with Crippen molar-refractivity contribution in [3.05, 3.63) is 0 Å². The molecule has 2 N–H and O–H groups in total. The van der Waals surface area contributed by atoms with Gasteiger partial charge in [0.25, 0.3) is 0 Å². The number of carbonyl (C=O) groups is 2. The van der Waals surface area contributed by atoms with E-state index in [1.807, 2.05) is 20.8 Å². The van der Waals surface area contributed by atoms with Crippen molar-refractivity contribution in [2.24, 2.45) is 5.92 Å². The molecule has 1 atom stereocenters. The largest absolute Gasteiger partial charge is 0.481 e. The zero-order valence-electron chi connectivity index (χ0n) is 11.1. The molecule has 0 aromatic rings. The molecule has 0 radical (unpaired) electrons. The Morgan fingerprint density at radius 3 is 2.47 bits per heavy atom. The summed E-state index contributed by atoms with van der Waals surface area (Å²) in [7, 11) is 1.60. The van der Waals surface area contributed by atoms with E-state index < -0.39 is 11.5 Å². The smallest absolute Gasteiger partial charge is 0.303 e. The van der Waals surface area contributed by atoms with Crippen LogP contribution in [0.4, 0.5) is 0 Å². The number of carboxylic acids is 1. The second-order valence-corrected chi connectivity index (χ2v) is 5.09. The third-order valence-corrected chi connectivity index (χ3v) is 2.43. The van der Waals surface area contributed by atoms with E-state index in [2.05, 4.69) is 5.32 Å². The van der Waals surface area contributed by atoms with Gasteiger partial charge in [-0.05, 0) is 26.2 Å². The Balaban J connectivity index is 4.03. The van der Waals surface area contributed by atoms with Crippen LogP contribution in [0, 0.1) is 5.92 Å². The molecule has 0 aliphatic heterocycles. The van der Waals surface area contributed by atoms with Crippen LogP contribution in [0.25, 0.3) is 0 Å². The Bertz CT molecular complexity index is 263. The minimum Gasteiger partial charge on any atom is -0.481 e. The molecule has 0 saturated carbocycles. The van der Waals surface area contributed by atoms with Crippen LogP contribution in [0.2, 0.25) is 0 Å². The van der Waals surface area contributed by atoms with Gasteiger partial charge < -0.3 is 15.2 Å². The van der Waals surface area contributed by atoms with Crippen molar-refractivity contribution >= 4 is 11.9 Å². The van der Waals surface area contributed by atoms with Gasteiger partial charge in [0, 0.05) is 32.1 Å². The summed E-state index contributed by atoms with van der Waals surface area (Å²) in [5, 5.41) is 11.4. The Morgan fingerprint density at radius 1 is 1.41 bits per heavy atom. The molecule has 0 bridgehead atoms. The van der Waals surface area contributed by atoms with Gasteiger partial charge >= 0.3 is 5.97 Å². The molecule has 1 unspecified atom stereocenters. The number of rotatable bonds is 8. The summed E-state index contributed by atoms with van der Waals surface area (Å²) in [5.74, 6) is -0.750. The lowest BCUT2D eigenvalue weighted by atomic mass is 9.97. The molecule has 0 aromatic carbocycles. The van der Waals surface area contributed by atoms with E-state index >= 15 is 0 Å². The van der Waals surface area contributed by atoms with Crippen LogP contribution in [0.15, 0.2) is 0 Å². The summed E-state index contributed by atoms with van der Waals surface area (Å²) >= 11 is 0. The first-order chi connectivity index (χ1) is 7.76. The van der Waals surface area contributed by atoms with Gasteiger partial charge in [0.1, 0.15) is 0 Å². The van der Waals surface area contributed by atoms with Crippen molar-refractivity contribution in [3.63, 3.8) is 0 Å². The molecule has 0 aromatic heterocycles. The molecule has 0 aliphatic carbocycles. The van der Waals surface area contributed by atoms with Crippen molar-refractivity contribution in [3.8, 4) is 0 Å². The zero-order chi connectivity index (χ0) is 13.5. The van der Waals surface area contributed by atoms with Crippen LogP contribution in [0.3, 0.4) is 0 Å². The van der Waals surface area contributed by atoms with Gasteiger partial charge in [0.2, 0.25) is 5.91 Å². The number of methoxy groups -OCH3 is 1. The monoisotopic (exact) mass is 245 g/mol. The maximum absolute atomic E-state index is 11.7. The number of hydrogen-bond donors (Lipinski definition) is 2. The highest BCUT2D eigenvalue weighted by Gasteiger charge is 2.22. The number of aliphatic carboxylic acids is 1. The van der Waals surface area contributed by atoms with E-state index in [9.17, 15) is 9.59 Å². The molecule has 0 rings (SSSR count). The molecule has 1 amide bonds. The zero-order valence-corrected chi connectivity index (χ0v) is 11.1. The molecule has 5 nitrogen and oxygen atoms in total. The van der Waals surface area contributed by atoms with Crippen LogP contribution in [0.5, 0.6) is 0 Å². The second-order valence-electron chi connectivity index (χ2n) is 5.09. The van der Waals surface area contributed by atoms with Gasteiger partial charge in [0.15, 0.2) is 0 Å². The summed E-state index contributed by atoms with van der Waals surface area (Å²) in [6, 6.07) is 0. The third kappa shape index (κ3) is 8.68. The first-order valence-corrected chi connectivity index (χ1v) is 5.78. The van der Waals surface area contributed by atoms with Gasteiger partial charge in [-0.2, -0.15) is 0 Å². The van der Waals surface area contributed by atoms with Gasteiger partial charge in [-0.3, -0.25) is 9.59 Å². The fraction of sp³-hybridized carbons (Fsp3) is 0.833. The molecule has 0 aliphatic rings. The fourth-order valence-electron chi connectivity index (χ4n) is 1.57. The van der Waals surface area contributed by atoms with E-state index in [0.29, 0.717) is 19.4 Å². The maximum Gasteiger partial charge on any atom is 0.303 e. The number of carboxylic acid groups (broad SMARTS) is 1. The summed E-state index contributed by atoms with van der Waals surface area (Å²) in [5.41, 5.74) is -0.484.